The molecule has 0 radical (unpaired) electrons. The molecule has 1 atom stereocenters. The van der Waals surface area contributed by atoms with Gasteiger partial charge in [0.15, 0.2) is 0 Å². The van der Waals surface area contributed by atoms with Crippen molar-refractivity contribution >= 4 is 16.7 Å². The van der Waals surface area contributed by atoms with Crippen LogP contribution < -0.4 is 10.6 Å². The van der Waals surface area contributed by atoms with Crippen LogP contribution in [0.25, 0.3) is 10.9 Å². The third-order valence-corrected chi connectivity index (χ3v) is 4.20. The van der Waals surface area contributed by atoms with Crippen molar-refractivity contribution in [2.75, 3.05) is 11.9 Å². The fourth-order valence-corrected chi connectivity index (χ4v) is 2.36. The van der Waals surface area contributed by atoms with Gasteiger partial charge in [0.1, 0.15) is 5.82 Å². The van der Waals surface area contributed by atoms with E-state index in [0.717, 1.165) is 22.3 Å². The molecule has 1 heterocycles. The Balaban J connectivity index is 2.50. The second-order valence-corrected chi connectivity index (χ2v) is 6.51. The Bertz CT molecular complexity index is 599. The van der Waals surface area contributed by atoms with Crippen molar-refractivity contribution in [2.24, 2.45) is 11.1 Å². The fourth-order valence-electron chi connectivity index (χ4n) is 2.36. The van der Waals surface area contributed by atoms with Crippen molar-refractivity contribution in [3.05, 3.63) is 35.9 Å². The second-order valence-electron chi connectivity index (χ2n) is 6.51. The molecule has 1 unspecified atom stereocenters. The molecule has 0 fully saturated rings. The number of nitrogens with two attached hydrogens (primary N) is 1. The lowest BCUT2D eigenvalue weighted by Gasteiger charge is -2.36. The van der Waals surface area contributed by atoms with E-state index in [1.54, 1.807) is 0 Å². The van der Waals surface area contributed by atoms with Crippen molar-refractivity contribution in [1.82, 2.24) is 4.98 Å². The lowest BCUT2D eigenvalue weighted by atomic mass is 9.87. The van der Waals surface area contributed by atoms with Crippen molar-refractivity contribution in [3.8, 4) is 0 Å². The highest BCUT2D eigenvalue weighted by Crippen LogP contribution is 2.28. The van der Waals surface area contributed by atoms with Gasteiger partial charge in [-0.25, -0.2) is 4.98 Å². The van der Waals surface area contributed by atoms with Crippen LogP contribution in [0.5, 0.6) is 0 Å². The van der Waals surface area contributed by atoms with E-state index < -0.39 is 0 Å². The van der Waals surface area contributed by atoms with Gasteiger partial charge in [0.25, 0.3) is 0 Å². The van der Waals surface area contributed by atoms with Crippen LogP contribution in [-0.2, 0) is 6.54 Å². The predicted molar refractivity (Wildman–Crippen MR) is 87.0 cm³/mol. The average molecular weight is 271 g/mol. The van der Waals surface area contributed by atoms with Crippen LogP contribution in [0.3, 0.4) is 0 Å². The molecule has 2 N–H and O–H groups in total. The number of pyridine rings is 1. The quantitative estimate of drug-likeness (QED) is 0.928. The summed E-state index contributed by atoms with van der Waals surface area (Å²) in [6, 6.07) is 10.7. The SMILES string of the molecule is CC(N(C)c1cc(CN)c2ccccc2n1)C(C)(C)C. The zero-order chi connectivity index (χ0) is 14.9. The third-order valence-electron chi connectivity index (χ3n) is 4.20. The number of para-hydroxylation sites is 1. The van der Waals surface area contributed by atoms with E-state index in [2.05, 4.69) is 51.8 Å². The zero-order valence-corrected chi connectivity index (χ0v) is 13.1. The number of rotatable bonds is 3. The maximum atomic E-state index is 5.90. The number of aromatic nitrogens is 1. The lowest BCUT2D eigenvalue weighted by Crippen LogP contribution is -2.39. The molecule has 0 aliphatic rings. The normalized spacial score (nSPS) is 13.5. The monoisotopic (exact) mass is 271 g/mol. The number of benzene rings is 1. The molecule has 1 aromatic heterocycles. The van der Waals surface area contributed by atoms with Gasteiger partial charge < -0.3 is 10.6 Å². The molecule has 0 bridgehead atoms. The largest absolute Gasteiger partial charge is 0.356 e. The van der Waals surface area contributed by atoms with E-state index in [1.807, 2.05) is 18.2 Å². The summed E-state index contributed by atoms with van der Waals surface area (Å²) in [5, 5.41) is 1.15. The Kier molecular flexibility index (Phi) is 4.00. The van der Waals surface area contributed by atoms with Crippen LogP contribution in [0.15, 0.2) is 30.3 Å². The second kappa shape index (κ2) is 5.41. The Morgan fingerprint density at radius 1 is 1.25 bits per heavy atom. The molecule has 2 aromatic rings. The highest BCUT2D eigenvalue weighted by atomic mass is 15.2. The van der Waals surface area contributed by atoms with Crippen molar-refractivity contribution in [3.63, 3.8) is 0 Å². The molecular formula is C17H25N3. The van der Waals surface area contributed by atoms with Crippen LogP contribution in [0, 0.1) is 5.41 Å². The van der Waals surface area contributed by atoms with Gasteiger partial charge in [0.2, 0.25) is 0 Å². The van der Waals surface area contributed by atoms with E-state index in [0.29, 0.717) is 12.6 Å². The third kappa shape index (κ3) is 2.78. The topological polar surface area (TPSA) is 42.1 Å². The molecule has 0 saturated heterocycles. The first-order valence-corrected chi connectivity index (χ1v) is 7.16. The zero-order valence-electron chi connectivity index (χ0n) is 13.1. The van der Waals surface area contributed by atoms with E-state index in [9.17, 15) is 0 Å². The summed E-state index contributed by atoms with van der Waals surface area (Å²) in [7, 11) is 2.10. The summed E-state index contributed by atoms with van der Waals surface area (Å²) in [5.41, 5.74) is 8.26. The molecule has 2 rings (SSSR count). The molecule has 1 aromatic carbocycles. The number of fused-ring (bicyclic) bond motifs is 1. The molecule has 0 saturated carbocycles. The Morgan fingerprint density at radius 2 is 1.90 bits per heavy atom. The summed E-state index contributed by atoms with van der Waals surface area (Å²) in [6.45, 7) is 9.52. The van der Waals surface area contributed by atoms with Crippen molar-refractivity contribution < 1.29 is 0 Å². The average Bonchev–Trinajstić information content (AvgIpc) is 2.43. The lowest BCUT2D eigenvalue weighted by molar-refractivity contribution is 0.328. The summed E-state index contributed by atoms with van der Waals surface area (Å²) < 4.78 is 0. The number of anilines is 1. The Labute approximate surface area is 121 Å². The molecular weight excluding hydrogens is 246 g/mol. The molecule has 3 nitrogen and oxygen atoms in total. The van der Waals surface area contributed by atoms with Gasteiger partial charge in [-0.3, -0.25) is 0 Å². The summed E-state index contributed by atoms with van der Waals surface area (Å²) >= 11 is 0. The van der Waals surface area contributed by atoms with E-state index in [4.69, 9.17) is 10.7 Å². The summed E-state index contributed by atoms with van der Waals surface area (Å²) in [6.07, 6.45) is 0. The smallest absolute Gasteiger partial charge is 0.129 e. The highest BCUT2D eigenvalue weighted by molar-refractivity contribution is 5.84. The van der Waals surface area contributed by atoms with Gasteiger partial charge in [0.05, 0.1) is 5.52 Å². The predicted octanol–water partition coefficient (Wildman–Crippen LogP) is 3.56. The van der Waals surface area contributed by atoms with Gasteiger partial charge >= 0.3 is 0 Å². The maximum absolute atomic E-state index is 5.90. The Morgan fingerprint density at radius 3 is 2.50 bits per heavy atom. The van der Waals surface area contributed by atoms with Crippen LogP contribution in [0.1, 0.15) is 33.3 Å². The van der Waals surface area contributed by atoms with Gasteiger partial charge in [-0.2, -0.15) is 0 Å². The maximum Gasteiger partial charge on any atom is 0.129 e. The number of nitrogens with zero attached hydrogens (tertiary/aromatic N) is 2. The van der Waals surface area contributed by atoms with Crippen LogP contribution in [-0.4, -0.2) is 18.1 Å². The molecule has 0 amide bonds. The van der Waals surface area contributed by atoms with Crippen LogP contribution >= 0.6 is 0 Å². The number of hydrogen-bond acceptors (Lipinski definition) is 3. The van der Waals surface area contributed by atoms with Gasteiger partial charge in [-0.05, 0) is 30.0 Å². The fraction of sp³-hybridized carbons (Fsp3) is 0.471. The number of hydrogen-bond donors (Lipinski definition) is 1. The highest BCUT2D eigenvalue weighted by Gasteiger charge is 2.25. The summed E-state index contributed by atoms with van der Waals surface area (Å²) in [4.78, 5) is 7.03. The van der Waals surface area contributed by atoms with Gasteiger partial charge in [-0.15, -0.1) is 0 Å². The van der Waals surface area contributed by atoms with Gasteiger partial charge in [-0.1, -0.05) is 39.0 Å². The molecule has 3 heteroatoms. The van der Waals surface area contributed by atoms with E-state index in [-0.39, 0.29) is 5.41 Å². The standard InChI is InChI=1S/C17H25N3/c1-12(17(2,3)4)20(5)16-10-13(11-18)14-8-6-7-9-15(14)19-16/h6-10,12H,11,18H2,1-5H3. The first-order valence-electron chi connectivity index (χ1n) is 7.16. The van der Waals surface area contributed by atoms with E-state index >= 15 is 0 Å². The van der Waals surface area contributed by atoms with E-state index in [1.165, 1.54) is 0 Å². The van der Waals surface area contributed by atoms with Gasteiger partial charge in [0, 0.05) is 25.0 Å². The van der Waals surface area contributed by atoms with Crippen LogP contribution in [0.2, 0.25) is 0 Å². The first-order chi connectivity index (χ1) is 9.34. The first kappa shape index (κ1) is 14.8. The molecule has 0 aliphatic heterocycles. The Hall–Kier alpha value is -1.61. The minimum atomic E-state index is 0.199. The van der Waals surface area contributed by atoms with Crippen molar-refractivity contribution in [1.29, 1.82) is 0 Å². The molecule has 0 spiro atoms. The minimum absolute atomic E-state index is 0.199. The minimum Gasteiger partial charge on any atom is -0.356 e. The van der Waals surface area contributed by atoms with Crippen LogP contribution in [0.4, 0.5) is 5.82 Å². The van der Waals surface area contributed by atoms with Crippen molar-refractivity contribution in [2.45, 2.75) is 40.3 Å². The summed E-state index contributed by atoms with van der Waals surface area (Å²) in [5.74, 6) is 0.992. The molecule has 20 heavy (non-hydrogen) atoms. The molecule has 108 valence electrons. The molecule has 0 aliphatic carbocycles.